The molecule has 1 aromatic rings. The lowest BCUT2D eigenvalue weighted by Crippen LogP contribution is -2.57. The van der Waals surface area contributed by atoms with Gasteiger partial charge in [-0.15, -0.1) is 0 Å². The van der Waals surface area contributed by atoms with Gasteiger partial charge in [-0.1, -0.05) is 30.3 Å². The average molecular weight is 465 g/mol. The van der Waals surface area contributed by atoms with E-state index in [9.17, 15) is 28.8 Å². The molecule has 4 atom stereocenters. The number of carbonyl (C=O) groups excluding carboxylic acids is 4. The number of hydrogen-bond donors (Lipinski definition) is 7. The summed E-state index contributed by atoms with van der Waals surface area (Å²) in [6, 6.07) is 3.03. The summed E-state index contributed by atoms with van der Waals surface area (Å²) in [5.74, 6) is -6.33. The summed E-state index contributed by atoms with van der Waals surface area (Å²) < 4.78 is 0. The highest BCUT2D eigenvalue weighted by Crippen LogP contribution is 2.05. The molecule has 0 aliphatic heterocycles. The molecular formula is C20H27N5O8. The van der Waals surface area contributed by atoms with Crippen LogP contribution in [0.3, 0.4) is 0 Å². The number of benzene rings is 1. The molecule has 0 aliphatic rings. The predicted molar refractivity (Wildman–Crippen MR) is 113 cm³/mol. The smallest absolute Gasteiger partial charge is 0.326 e. The van der Waals surface area contributed by atoms with E-state index in [-0.39, 0.29) is 6.42 Å². The molecule has 13 heteroatoms. The molecule has 13 nitrogen and oxygen atoms in total. The van der Waals surface area contributed by atoms with E-state index >= 15 is 0 Å². The molecule has 0 saturated heterocycles. The van der Waals surface area contributed by atoms with Crippen LogP contribution in [0.5, 0.6) is 0 Å². The Morgan fingerprint density at radius 3 is 1.94 bits per heavy atom. The minimum absolute atomic E-state index is 0.0420. The molecule has 4 unspecified atom stereocenters. The van der Waals surface area contributed by atoms with Crippen LogP contribution in [0.1, 0.15) is 25.3 Å². The van der Waals surface area contributed by atoms with Crippen molar-refractivity contribution < 1.29 is 39.0 Å². The highest BCUT2D eigenvalue weighted by molar-refractivity contribution is 5.95. The van der Waals surface area contributed by atoms with E-state index < -0.39 is 72.6 Å². The molecule has 0 aromatic heterocycles. The number of aliphatic carboxylic acids is 2. The number of rotatable bonds is 13. The van der Waals surface area contributed by atoms with Crippen LogP contribution in [0.2, 0.25) is 0 Å². The molecule has 0 fully saturated rings. The molecule has 0 heterocycles. The summed E-state index contributed by atoms with van der Waals surface area (Å²) >= 11 is 0. The molecule has 0 spiro atoms. The first-order valence-electron chi connectivity index (χ1n) is 9.84. The largest absolute Gasteiger partial charge is 0.481 e. The van der Waals surface area contributed by atoms with Gasteiger partial charge in [0.25, 0.3) is 0 Å². The summed E-state index contributed by atoms with van der Waals surface area (Å²) in [7, 11) is 0. The summed E-state index contributed by atoms with van der Waals surface area (Å²) in [4.78, 5) is 70.4. The first-order valence-corrected chi connectivity index (χ1v) is 9.84. The highest BCUT2D eigenvalue weighted by atomic mass is 16.4. The summed E-state index contributed by atoms with van der Waals surface area (Å²) in [6.45, 7) is 1.31. The number of carbonyl (C=O) groups is 6. The lowest BCUT2D eigenvalue weighted by molar-refractivity contribution is -0.147. The average Bonchev–Trinajstić information content (AvgIpc) is 2.72. The van der Waals surface area contributed by atoms with Crippen molar-refractivity contribution in [2.75, 3.05) is 0 Å². The Bertz CT molecular complexity index is 892. The zero-order valence-electron chi connectivity index (χ0n) is 17.8. The zero-order valence-corrected chi connectivity index (χ0v) is 17.8. The minimum atomic E-state index is -1.71. The Kier molecular flexibility index (Phi) is 10.5. The Morgan fingerprint density at radius 1 is 0.848 bits per heavy atom. The van der Waals surface area contributed by atoms with E-state index in [0.29, 0.717) is 5.56 Å². The van der Waals surface area contributed by atoms with Crippen LogP contribution in [-0.2, 0) is 35.2 Å². The van der Waals surface area contributed by atoms with Crippen molar-refractivity contribution in [2.45, 2.75) is 50.4 Å². The molecule has 4 amide bonds. The van der Waals surface area contributed by atoms with Gasteiger partial charge in [-0.2, -0.15) is 0 Å². The van der Waals surface area contributed by atoms with Gasteiger partial charge in [0, 0.05) is 6.42 Å². The fraction of sp³-hybridized carbons (Fsp3) is 0.400. The number of carboxylic acid groups (broad SMARTS) is 2. The topological polar surface area (TPSA) is 231 Å². The van der Waals surface area contributed by atoms with Crippen LogP contribution in [0.25, 0.3) is 0 Å². The molecule has 9 N–H and O–H groups in total. The first kappa shape index (κ1) is 27.0. The number of primary amides is 1. The van der Waals surface area contributed by atoms with Crippen molar-refractivity contribution in [3.63, 3.8) is 0 Å². The van der Waals surface area contributed by atoms with Crippen LogP contribution in [0.15, 0.2) is 30.3 Å². The third-order valence-electron chi connectivity index (χ3n) is 4.42. The van der Waals surface area contributed by atoms with Gasteiger partial charge in [0.15, 0.2) is 0 Å². The number of amides is 4. The standard InChI is InChI=1S/C20H27N5O8/c1-10(23-18(30)12(21)8-15(22)26)17(29)24-13(7-11-5-3-2-4-6-11)19(31)25-14(20(32)33)9-16(27)28/h2-6,10,12-14H,7-9,21H2,1H3,(H2,22,26)(H,23,30)(H,24,29)(H,25,31)(H,27,28)(H,32,33). The van der Waals surface area contributed by atoms with Crippen molar-refractivity contribution in [1.29, 1.82) is 0 Å². The predicted octanol–water partition coefficient (Wildman–Crippen LogP) is -2.53. The maximum atomic E-state index is 12.7. The van der Waals surface area contributed by atoms with E-state index in [2.05, 4.69) is 16.0 Å². The van der Waals surface area contributed by atoms with Gasteiger partial charge in [0.2, 0.25) is 23.6 Å². The zero-order chi connectivity index (χ0) is 25.1. The first-order chi connectivity index (χ1) is 15.4. The lowest BCUT2D eigenvalue weighted by Gasteiger charge is -2.23. The summed E-state index contributed by atoms with van der Waals surface area (Å²) in [5, 5.41) is 24.8. The molecule has 0 aliphatic carbocycles. The maximum Gasteiger partial charge on any atom is 0.326 e. The molecule has 1 aromatic carbocycles. The van der Waals surface area contributed by atoms with Crippen molar-refractivity contribution in [3.05, 3.63) is 35.9 Å². The fourth-order valence-corrected chi connectivity index (χ4v) is 2.70. The molecule has 180 valence electrons. The van der Waals surface area contributed by atoms with Gasteiger partial charge in [0.1, 0.15) is 18.1 Å². The van der Waals surface area contributed by atoms with Gasteiger partial charge in [0.05, 0.1) is 18.9 Å². The van der Waals surface area contributed by atoms with Gasteiger partial charge < -0.3 is 37.6 Å². The van der Waals surface area contributed by atoms with Gasteiger partial charge in [-0.25, -0.2) is 4.79 Å². The minimum Gasteiger partial charge on any atom is -0.481 e. The van der Waals surface area contributed by atoms with Crippen molar-refractivity contribution in [3.8, 4) is 0 Å². The Balaban J connectivity index is 2.95. The number of nitrogens with two attached hydrogens (primary N) is 2. The van der Waals surface area contributed by atoms with Crippen molar-refractivity contribution in [2.24, 2.45) is 11.5 Å². The van der Waals surface area contributed by atoms with Crippen LogP contribution < -0.4 is 27.4 Å². The Labute approximate surface area is 188 Å². The normalized spacial score (nSPS) is 14.1. The van der Waals surface area contributed by atoms with E-state index in [4.69, 9.17) is 21.7 Å². The monoisotopic (exact) mass is 465 g/mol. The van der Waals surface area contributed by atoms with Gasteiger partial charge >= 0.3 is 11.9 Å². The molecule has 1 rings (SSSR count). The second-order valence-corrected chi connectivity index (χ2v) is 7.26. The second-order valence-electron chi connectivity index (χ2n) is 7.26. The molecule has 0 bridgehead atoms. The van der Waals surface area contributed by atoms with Gasteiger partial charge in [-0.3, -0.25) is 24.0 Å². The molecular weight excluding hydrogens is 438 g/mol. The Hall–Kier alpha value is -4.00. The third-order valence-corrected chi connectivity index (χ3v) is 4.42. The van der Waals surface area contributed by atoms with Gasteiger partial charge in [-0.05, 0) is 12.5 Å². The van der Waals surface area contributed by atoms with E-state index in [1.165, 1.54) is 6.92 Å². The fourth-order valence-electron chi connectivity index (χ4n) is 2.70. The quantitative estimate of drug-likeness (QED) is 0.162. The van der Waals surface area contributed by atoms with Crippen molar-refractivity contribution in [1.82, 2.24) is 16.0 Å². The van der Waals surface area contributed by atoms with E-state index in [0.717, 1.165) is 0 Å². The third kappa shape index (κ3) is 9.78. The van der Waals surface area contributed by atoms with E-state index in [1.54, 1.807) is 30.3 Å². The summed E-state index contributed by atoms with van der Waals surface area (Å²) in [5.41, 5.74) is 11.1. The number of hydrogen-bond acceptors (Lipinski definition) is 7. The van der Waals surface area contributed by atoms with Crippen LogP contribution in [0.4, 0.5) is 0 Å². The van der Waals surface area contributed by atoms with Crippen LogP contribution in [0, 0.1) is 0 Å². The SMILES string of the molecule is CC(NC(=O)C(N)CC(N)=O)C(=O)NC(Cc1ccccc1)C(=O)NC(CC(=O)O)C(=O)O. The number of carboxylic acids is 2. The highest BCUT2D eigenvalue weighted by Gasteiger charge is 2.30. The molecule has 0 radical (unpaired) electrons. The van der Waals surface area contributed by atoms with E-state index in [1.807, 2.05) is 0 Å². The van der Waals surface area contributed by atoms with Crippen LogP contribution >= 0.6 is 0 Å². The van der Waals surface area contributed by atoms with Crippen molar-refractivity contribution >= 4 is 35.6 Å². The number of nitrogens with one attached hydrogen (secondary N) is 3. The second kappa shape index (κ2) is 12.8. The maximum absolute atomic E-state index is 12.7. The Morgan fingerprint density at radius 2 is 1.42 bits per heavy atom. The molecule has 33 heavy (non-hydrogen) atoms. The lowest BCUT2D eigenvalue weighted by atomic mass is 10.0. The molecule has 0 saturated carbocycles. The summed E-state index contributed by atoms with van der Waals surface area (Å²) in [6.07, 6.45) is -1.34. The van der Waals surface area contributed by atoms with Crippen LogP contribution in [-0.4, -0.2) is 69.9 Å².